The van der Waals surface area contributed by atoms with Crippen LogP contribution in [0, 0.1) is 0 Å². The van der Waals surface area contributed by atoms with Crippen molar-refractivity contribution in [2.24, 2.45) is 0 Å². The van der Waals surface area contributed by atoms with Gasteiger partial charge in [0.25, 0.3) is 0 Å². The fourth-order valence-electron chi connectivity index (χ4n) is 1.88. The molecule has 1 aliphatic heterocycles. The zero-order chi connectivity index (χ0) is 11.0. The van der Waals surface area contributed by atoms with Gasteiger partial charge in [-0.2, -0.15) is 0 Å². The van der Waals surface area contributed by atoms with Crippen LogP contribution in [0.2, 0.25) is 10.0 Å². The van der Waals surface area contributed by atoms with Crippen molar-refractivity contribution in [1.82, 2.24) is 0 Å². The van der Waals surface area contributed by atoms with Gasteiger partial charge in [0.15, 0.2) is 0 Å². The van der Waals surface area contributed by atoms with Crippen LogP contribution in [0.4, 0.5) is 11.4 Å². The first kappa shape index (κ1) is 10.9. The van der Waals surface area contributed by atoms with Gasteiger partial charge < -0.3 is 10.2 Å². The molecule has 1 aliphatic rings. The molecule has 2 rings (SSSR count). The van der Waals surface area contributed by atoms with Crippen LogP contribution in [0.1, 0.15) is 13.8 Å². The van der Waals surface area contributed by atoms with Gasteiger partial charge in [-0.3, -0.25) is 0 Å². The molecule has 0 radical (unpaired) electrons. The van der Waals surface area contributed by atoms with Crippen LogP contribution in [-0.2, 0) is 0 Å². The number of hydrogen-bond donors (Lipinski definition) is 1. The Bertz CT molecular complexity index is 377. The van der Waals surface area contributed by atoms with E-state index in [1.807, 2.05) is 12.1 Å². The number of fused-ring (bicyclic) bond motifs is 1. The highest BCUT2D eigenvalue weighted by molar-refractivity contribution is 6.42. The second-order valence-corrected chi connectivity index (χ2v) is 4.81. The van der Waals surface area contributed by atoms with Gasteiger partial charge in [0.1, 0.15) is 0 Å². The number of nitrogens with zero attached hydrogens (tertiary/aromatic N) is 1. The van der Waals surface area contributed by atoms with E-state index in [1.165, 1.54) is 0 Å². The lowest BCUT2D eigenvalue weighted by Crippen LogP contribution is -2.38. The van der Waals surface area contributed by atoms with Crippen molar-refractivity contribution in [2.75, 3.05) is 23.3 Å². The predicted molar refractivity (Wildman–Crippen MR) is 67.4 cm³/mol. The molecule has 0 spiro atoms. The number of rotatable bonds is 1. The van der Waals surface area contributed by atoms with Crippen molar-refractivity contribution in [1.29, 1.82) is 0 Å². The number of anilines is 2. The SMILES string of the molecule is CC(C)N1CCNc2cc(Cl)c(Cl)cc21. The molecule has 4 heteroatoms. The van der Waals surface area contributed by atoms with Crippen molar-refractivity contribution in [3.8, 4) is 0 Å². The number of benzene rings is 1. The second kappa shape index (κ2) is 4.11. The van der Waals surface area contributed by atoms with E-state index in [0.29, 0.717) is 16.1 Å². The summed E-state index contributed by atoms with van der Waals surface area (Å²) in [5, 5.41) is 4.55. The van der Waals surface area contributed by atoms with E-state index in [2.05, 4.69) is 24.1 Å². The first-order valence-corrected chi connectivity index (χ1v) is 5.84. The van der Waals surface area contributed by atoms with Gasteiger partial charge in [-0.25, -0.2) is 0 Å². The van der Waals surface area contributed by atoms with E-state index in [-0.39, 0.29) is 0 Å². The zero-order valence-electron chi connectivity index (χ0n) is 8.85. The largest absolute Gasteiger partial charge is 0.382 e. The molecule has 0 fully saturated rings. The molecule has 0 saturated carbocycles. The molecule has 2 nitrogen and oxygen atoms in total. The summed E-state index contributed by atoms with van der Waals surface area (Å²) in [5.41, 5.74) is 2.22. The molecule has 1 N–H and O–H groups in total. The van der Waals surface area contributed by atoms with E-state index in [1.54, 1.807) is 0 Å². The van der Waals surface area contributed by atoms with Crippen LogP contribution in [0.15, 0.2) is 12.1 Å². The van der Waals surface area contributed by atoms with Crippen molar-refractivity contribution in [3.05, 3.63) is 22.2 Å². The normalized spacial score (nSPS) is 15.1. The fraction of sp³-hybridized carbons (Fsp3) is 0.455. The van der Waals surface area contributed by atoms with Crippen LogP contribution < -0.4 is 10.2 Å². The van der Waals surface area contributed by atoms with Crippen LogP contribution in [-0.4, -0.2) is 19.1 Å². The van der Waals surface area contributed by atoms with Crippen LogP contribution in [0.3, 0.4) is 0 Å². The summed E-state index contributed by atoms with van der Waals surface area (Å²) < 4.78 is 0. The number of hydrogen-bond acceptors (Lipinski definition) is 2. The van der Waals surface area contributed by atoms with E-state index in [9.17, 15) is 0 Å². The lowest BCUT2D eigenvalue weighted by molar-refractivity contribution is 0.681. The molecule has 1 heterocycles. The Morgan fingerprint density at radius 3 is 2.60 bits per heavy atom. The molecular formula is C11H14Cl2N2. The van der Waals surface area contributed by atoms with Gasteiger partial charge in [0.05, 0.1) is 21.4 Å². The van der Waals surface area contributed by atoms with Crippen molar-refractivity contribution >= 4 is 34.6 Å². The van der Waals surface area contributed by atoms with Gasteiger partial charge in [0, 0.05) is 19.1 Å². The Morgan fingerprint density at radius 2 is 1.93 bits per heavy atom. The quantitative estimate of drug-likeness (QED) is 0.812. The smallest absolute Gasteiger partial charge is 0.0620 e. The predicted octanol–water partition coefficient (Wildman–Crippen LogP) is 3.63. The maximum absolute atomic E-state index is 6.03. The summed E-state index contributed by atoms with van der Waals surface area (Å²) in [5.74, 6) is 0. The van der Waals surface area contributed by atoms with Gasteiger partial charge >= 0.3 is 0 Å². The maximum Gasteiger partial charge on any atom is 0.0620 e. The third kappa shape index (κ3) is 2.01. The van der Waals surface area contributed by atoms with Crippen molar-refractivity contribution in [2.45, 2.75) is 19.9 Å². The van der Waals surface area contributed by atoms with Crippen LogP contribution in [0.5, 0.6) is 0 Å². The Kier molecular flexibility index (Phi) is 2.98. The highest BCUT2D eigenvalue weighted by Gasteiger charge is 2.20. The van der Waals surface area contributed by atoms with Gasteiger partial charge in [-0.05, 0) is 26.0 Å². The Labute approximate surface area is 100 Å². The lowest BCUT2D eigenvalue weighted by Gasteiger charge is -2.35. The van der Waals surface area contributed by atoms with Gasteiger partial charge in [-0.1, -0.05) is 23.2 Å². The first-order valence-electron chi connectivity index (χ1n) is 5.09. The maximum atomic E-state index is 6.03. The molecule has 0 amide bonds. The minimum absolute atomic E-state index is 0.475. The highest BCUT2D eigenvalue weighted by Crippen LogP contribution is 2.37. The summed E-state index contributed by atoms with van der Waals surface area (Å²) in [6, 6.07) is 4.31. The third-order valence-corrected chi connectivity index (χ3v) is 3.36. The Morgan fingerprint density at radius 1 is 1.27 bits per heavy atom. The number of halogens is 2. The lowest BCUT2D eigenvalue weighted by atomic mass is 10.1. The molecule has 0 aliphatic carbocycles. The second-order valence-electron chi connectivity index (χ2n) is 4.00. The molecule has 82 valence electrons. The van der Waals surface area contributed by atoms with Crippen LogP contribution >= 0.6 is 23.2 Å². The topological polar surface area (TPSA) is 15.3 Å². The third-order valence-electron chi connectivity index (χ3n) is 2.64. The zero-order valence-corrected chi connectivity index (χ0v) is 10.4. The first-order chi connectivity index (χ1) is 7.09. The van der Waals surface area contributed by atoms with E-state index in [4.69, 9.17) is 23.2 Å². The highest BCUT2D eigenvalue weighted by atomic mass is 35.5. The van der Waals surface area contributed by atoms with Crippen molar-refractivity contribution in [3.63, 3.8) is 0 Å². The van der Waals surface area contributed by atoms with Gasteiger partial charge in [0.2, 0.25) is 0 Å². The molecule has 0 unspecified atom stereocenters. The summed E-state index contributed by atoms with van der Waals surface area (Å²) in [6.45, 7) is 6.31. The summed E-state index contributed by atoms with van der Waals surface area (Å²) in [6.07, 6.45) is 0. The summed E-state index contributed by atoms with van der Waals surface area (Å²) >= 11 is 12.0. The van der Waals surface area contributed by atoms with E-state index in [0.717, 1.165) is 24.5 Å². The van der Waals surface area contributed by atoms with E-state index >= 15 is 0 Å². The molecule has 0 saturated heterocycles. The minimum atomic E-state index is 0.475. The average molecular weight is 245 g/mol. The molecule has 0 bridgehead atoms. The molecule has 0 atom stereocenters. The fourth-order valence-corrected chi connectivity index (χ4v) is 2.20. The molecule has 1 aromatic carbocycles. The average Bonchev–Trinajstić information content (AvgIpc) is 2.18. The van der Waals surface area contributed by atoms with Gasteiger partial charge in [-0.15, -0.1) is 0 Å². The van der Waals surface area contributed by atoms with E-state index < -0.39 is 0 Å². The number of nitrogens with one attached hydrogen (secondary N) is 1. The molecule has 15 heavy (non-hydrogen) atoms. The van der Waals surface area contributed by atoms with Crippen molar-refractivity contribution < 1.29 is 0 Å². The molecule has 0 aromatic heterocycles. The van der Waals surface area contributed by atoms with Crippen LogP contribution in [0.25, 0.3) is 0 Å². The summed E-state index contributed by atoms with van der Waals surface area (Å²) in [4.78, 5) is 2.33. The summed E-state index contributed by atoms with van der Waals surface area (Å²) in [7, 11) is 0. The Hall–Kier alpha value is -0.600. The molecule has 1 aromatic rings. The molecular weight excluding hydrogens is 231 g/mol. The Balaban J connectivity index is 2.47. The monoisotopic (exact) mass is 244 g/mol. The standard InChI is InChI=1S/C11H14Cl2N2/c1-7(2)15-4-3-14-10-5-8(12)9(13)6-11(10)15/h5-7,14H,3-4H2,1-2H3. The minimum Gasteiger partial charge on any atom is -0.382 e.